The fourth-order valence-corrected chi connectivity index (χ4v) is 5.83. The second-order valence-corrected chi connectivity index (χ2v) is 11.0. The van der Waals surface area contributed by atoms with Crippen molar-refractivity contribution in [2.45, 2.75) is 64.8 Å². The van der Waals surface area contributed by atoms with Crippen LogP contribution in [0.25, 0.3) is 0 Å². The van der Waals surface area contributed by atoms with Crippen molar-refractivity contribution < 1.29 is 19.0 Å². The molecule has 216 valence electrons. The quantitative estimate of drug-likeness (QED) is 0.239. The molecule has 0 saturated heterocycles. The van der Waals surface area contributed by atoms with Crippen molar-refractivity contribution in [1.82, 2.24) is 4.90 Å². The van der Waals surface area contributed by atoms with Gasteiger partial charge in [0, 0.05) is 24.8 Å². The summed E-state index contributed by atoms with van der Waals surface area (Å²) < 4.78 is 26.6. The van der Waals surface area contributed by atoms with Crippen LogP contribution in [0.15, 0.2) is 54.6 Å². The molecule has 0 amide bonds. The highest BCUT2D eigenvalue weighted by atomic mass is 19.1. The Kier molecular flexibility index (Phi) is 10.3. The number of hydrogen-bond donors (Lipinski definition) is 1. The van der Waals surface area contributed by atoms with E-state index >= 15 is 4.39 Å². The summed E-state index contributed by atoms with van der Waals surface area (Å²) in [7, 11) is 3.76. The van der Waals surface area contributed by atoms with Gasteiger partial charge in [-0.1, -0.05) is 31.5 Å². The van der Waals surface area contributed by atoms with Crippen LogP contribution in [0.5, 0.6) is 17.2 Å². The number of rotatable bonds is 13. The fourth-order valence-electron chi connectivity index (χ4n) is 5.83. The Balaban J connectivity index is 1.54. The van der Waals surface area contributed by atoms with Crippen LogP contribution < -0.4 is 14.4 Å². The summed E-state index contributed by atoms with van der Waals surface area (Å²) in [4.78, 5) is 4.56. The SMILES string of the molecule is CCCCN(C)CCOc1ccc(C(C)N(CC)c2cc(OC)ccc2[C@@H]2CCc3cc(O)ccc3C2)cc1F. The monoisotopic (exact) mass is 548 g/mol. The van der Waals surface area contributed by atoms with Gasteiger partial charge in [0.15, 0.2) is 11.6 Å². The molecular formula is C34H45FN2O3. The van der Waals surface area contributed by atoms with Crippen LogP contribution in [0.1, 0.15) is 74.2 Å². The third-order valence-electron chi connectivity index (χ3n) is 8.28. The van der Waals surface area contributed by atoms with E-state index in [0.717, 1.165) is 68.7 Å². The lowest BCUT2D eigenvalue weighted by Crippen LogP contribution is -2.28. The highest BCUT2D eigenvalue weighted by Crippen LogP contribution is 2.42. The number of ether oxygens (including phenoxy) is 2. The molecule has 3 aromatic carbocycles. The first-order chi connectivity index (χ1) is 19.3. The summed E-state index contributed by atoms with van der Waals surface area (Å²) in [5.74, 6) is 1.47. The van der Waals surface area contributed by atoms with E-state index in [2.05, 4.69) is 55.8 Å². The zero-order chi connectivity index (χ0) is 28.6. The van der Waals surface area contributed by atoms with E-state index in [-0.39, 0.29) is 11.9 Å². The minimum atomic E-state index is -0.324. The van der Waals surface area contributed by atoms with Crippen molar-refractivity contribution in [3.05, 3.63) is 82.7 Å². The molecule has 1 aliphatic carbocycles. The molecule has 2 atom stereocenters. The van der Waals surface area contributed by atoms with E-state index in [1.165, 1.54) is 16.7 Å². The molecule has 4 rings (SSSR count). The summed E-state index contributed by atoms with van der Waals surface area (Å²) in [6.07, 6.45) is 5.18. The lowest BCUT2D eigenvalue weighted by Gasteiger charge is -2.35. The van der Waals surface area contributed by atoms with E-state index in [1.54, 1.807) is 25.3 Å². The molecule has 1 unspecified atom stereocenters. The number of phenolic OH excluding ortho intramolecular Hbond substituents is 1. The van der Waals surface area contributed by atoms with Gasteiger partial charge in [-0.05, 0) is 112 Å². The lowest BCUT2D eigenvalue weighted by molar-refractivity contribution is 0.229. The van der Waals surface area contributed by atoms with Gasteiger partial charge in [-0.15, -0.1) is 0 Å². The number of methoxy groups -OCH3 is 1. The van der Waals surface area contributed by atoms with Crippen LogP contribution in [-0.2, 0) is 12.8 Å². The average Bonchev–Trinajstić information content (AvgIpc) is 2.96. The third kappa shape index (κ3) is 7.08. The van der Waals surface area contributed by atoms with E-state index < -0.39 is 0 Å². The van der Waals surface area contributed by atoms with Crippen LogP contribution in [0.2, 0.25) is 0 Å². The number of anilines is 1. The van der Waals surface area contributed by atoms with Gasteiger partial charge >= 0.3 is 0 Å². The summed E-state index contributed by atoms with van der Waals surface area (Å²) >= 11 is 0. The highest BCUT2D eigenvalue weighted by molar-refractivity contribution is 5.61. The zero-order valence-electron chi connectivity index (χ0n) is 24.8. The highest BCUT2D eigenvalue weighted by Gasteiger charge is 2.27. The number of unbranched alkanes of at least 4 members (excludes halogenated alkanes) is 1. The topological polar surface area (TPSA) is 45.2 Å². The smallest absolute Gasteiger partial charge is 0.165 e. The van der Waals surface area contributed by atoms with Crippen molar-refractivity contribution >= 4 is 5.69 Å². The van der Waals surface area contributed by atoms with Gasteiger partial charge in [0.05, 0.1) is 13.2 Å². The van der Waals surface area contributed by atoms with Gasteiger partial charge in [-0.25, -0.2) is 4.39 Å². The largest absolute Gasteiger partial charge is 0.508 e. The Morgan fingerprint density at radius 3 is 2.58 bits per heavy atom. The molecule has 0 saturated carbocycles. The van der Waals surface area contributed by atoms with Crippen LogP contribution >= 0.6 is 0 Å². The summed E-state index contributed by atoms with van der Waals surface area (Å²) in [6, 6.07) is 17.4. The number of hydrogen-bond acceptors (Lipinski definition) is 5. The number of aryl methyl sites for hydroxylation is 1. The molecule has 0 bridgehead atoms. The van der Waals surface area contributed by atoms with Gasteiger partial charge in [0.1, 0.15) is 18.1 Å². The van der Waals surface area contributed by atoms with Gasteiger partial charge in [-0.3, -0.25) is 0 Å². The Morgan fingerprint density at radius 1 is 1.02 bits per heavy atom. The number of likely N-dealkylation sites (N-methyl/N-ethyl adjacent to an activating group) is 1. The summed E-state index contributed by atoms with van der Waals surface area (Å²) in [6.45, 7) is 9.47. The first-order valence-corrected chi connectivity index (χ1v) is 14.7. The van der Waals surface area contributed by atoms with Gasteiger partial charge in [0.2, 0.25) is 0 Å². The predicted octanol–water partition coefficient (Wildman–Crippen LogP) is 7.51. The summed E-state index contributed by atoms with van der Waals surface area (Å²) in [5.41, 5.74) is 5.84. The molecule has 0 aromatic heterocycles. The van der Waals surface area contributed by atoms with Crippen LogP contribution in [0.4, 0.5) is 10.1 Å². The molecule has 40 heavy (non-hydrogen) atoms. The first-order valence-electron chi connectivity index (χ1n) is 14.7. The molecule has 6 heteroatoms. The normalized spacial score (nSPS) is 15.5. The number of phenols is 1. The molecule has 5 nitrogen and oxygen atoms in total. The minimum Gasteiger partial charge on any atom is -0.508 e. The van der Waals surface area contributed by atoms with E-state index in [4.69, 9.17) is 9.47 Å². The predicted molar refractivity (Wildman–Crippen MR) is 162 cm³/mol. The number of nitrogens with zero attached hydrogens (tertiary/aromatic N) is 2. The van der Waals surface area contributed by atoms with Gasteiger partial charge < -0.3 is 24.4 Å². The Hall–Kier alpha value is -3.25. The lowest BCUT2D eigenvalue weighted by atomic mass is 9.79. The molecule has 1 aliphatic rings. The molecule has 3 aromatic rings. The standard InChI is InChI=1S/C34H45FN2O3/c1-6-8-17-36(4)18-19-40-34-16-12-25(22-32(34)35)24(3)37(7-2)33-23-30(39-5)14-15-31(33)28-10-9-27-21-29(38)13-11-26(27)20-28/h11-16,21-24,28,38H,6-10,17-20H2,1-5H3/t24?,28-/m1/s1. The molecule has 0 radical (unpaired) electrons. The Bertz CT molecular complexity index is 1260. The van der Waals surface area contributed by atoms with Gasteiger partial charge in [0.25, 0.3) is 0 Å². The fraction of sp³-hybridized carbons (Fsp3) is 0.471. The Morgan fingerprint density at radius 2 is 1.85 bits per heavy atom. The second kappa shape index (κ2) is 13.9. The van der Waals surface area contributed by atoms with E-state index in [0.29, 0.717) is 24.0 Å². The molecule has 0 fully saturated rings. The summed E-state index contributed by atoms with van der Waals surface area (Å²) in [5, 5.41) is 9.92. The zero-order valence-corrected chi connectivity index (χ0v) is 24.8. The van der Waals surface area contributed by atoms with Crippen molar-refractivity contribution in [2.24, 2.45) is 0 Å². The number of fused-ring (bicyclic) bond motifs is 1. The molecular weight excluding hydrogens is 503 g/mol. The van der Waals surface area contributed by atoms with Crippen molar-refractivity contribution in [1.29, 1.82) is 0 Å². The maximum Gasteiger partial charge on any atom is 0.165 e. The maximum absolute atomic E-state index is 15.2. The van der Waals surface area contributed by atoms with Gasteiger partial charge in [-0.2, -0.15) is 0 Å². The first kappa shape index (κ1) is 29.7. The van der Waals surface area contributed by atoms with Crippen LogP contribution in [-0.4, -0.2) is 50.4 Å². The molecule has 1 N–H and O–H groups in total. The number of benzene rings is 3. The van der Waals surface area contributed by atoms with E-state index in [9.17, 15) is 5.11 Å². The molecule has 0 aliphatic heterocycles. The Labute approximate surface area is 239 Å². The van der Waals surface area contributed by atoms with Crippen molar-refractivity contribution in [3.8, 4) is 17.2 Å². The van der Waals surface area contributed by atoms with Crippen molar-refractivity contribution in [3.63, 3.8) is 0 Å². The minimum absolute atomic E-state index is 0.0487. The number of aromatic hydroxyl groups is 1. The number of halogens is 1. The van der Waals surface area contributed by atoms with Crippen LogP contribution in [0, 0.1) is 5.82 Å². The molecule has 0 spiro atoms. The second-order valence-electron chi connectivity index (χ2n) is 11.0. The molecule has 0 heterocycles. The van der Waals surface area contributed by atoms with Crippen molar-refractivity contribution in [2.75, 3.05) is 45.3 Å². The van der Waals surface area contributed by atoms with E-state index in [1.807, 2.05) is 18.2 Å². The maximum atomic E-state index is 15.2. The third-order valence-corrected chi connectivity index (χ3v) is 8.28. The van der Waals surface area contributed by atoms with Crippen LogP contribution in [0.3, 0.4) is 0 Å². The average molecular weight is 549 g/mol.